The zero-order valence-electron chi connectivity index (χ0n) is 16.4. The van der Waals surface area contributed by atoms with Gasteiger partial charge in [-0.1, -0.05) is 0 Å². The molecule has 1 aliphatic heterocycles. The Morgan fingerprint density at radius 3 is 2.68 bits per heavy atom. The zero-order chi connectivity index (χ0) is 22.1. The molecule has 2 unspecified atom stereocenters. The molecule has 0 aliphatic carbocycles. The lowest BCUT2D eigenvalue weighted by atomic mass is 10.1. The van der Waals surface area contributed by atoms with E-state index in [0.717, 1.165) is 0 Å². The van der Waals surface area contributed by atoms with E-state index in [1.807, 2.05) is 6.92 Å². The molecule has 0 spiro atoms. The van der Waals surface area contributed by atoms with Crippen LogP contribution in [0.4, 0.5) is 10.2 Å². The molecule has 4 N–H and O–H groups in total. The van der Waals surface area contributed by atoms with Crippen LogP contribution in [-0.2, 0) is 4.74 Å². The van der Waals surface area contributed by atoms with Gasteiger partial charge in [0.25, 0.3) is 0 Å². The van der Waals surface area contributed by atoms with E-state index >= 15 is 0 Å². The van der Waals surface area contributed by atoms with Gasteiger partial charge < -0.3 is 30.1 Å². The van der Waals surface area contributed by atoms with Crippen LogP contribution < -0.4 is 10.1 Å². The van der Waals surface area contributed by atoms with Crippen LogP contribution in [0, 0.1) is 5.82 Å². The van der Waals surface area contributed by atoms with Crippen molar-refractivity contribution < 1.29 is 29.2 Å². The average Bonchev–Trinajstić information content (AvgIpc) is 3.28. The predicted octanol–water partition coefficient (Wildman–Crippen LogP) is 1.11. The number of aromatic nitrogens is 4. The van der Waals surface area contributed by atoms with Gasteiger partial charge in [0.15, 0.2) is 23.2 Å². The number of rotatable bonds is 7. The number of hydrogen-bond donors (Lipinski definition) is 4. The second-order valence-corrected chi connectivity index (χ2v) is 7.54. The number of nitrogens with zero attached hydrogens (tertiary/aromatic N) is 4. The molecule has 0 bridgehead atoms. The molecule has 1 aliphatic rings. The number of fused-ring (bicyclic) bond motifs is 1. The van der Waals surface area contributed by atoms with E-state index in [9.17, 15) is 19.7 Å². The summed E-state index contributed by atoms with van der Waals surface area (Å²) in [5.41, 5.74) is 0.653. The summed E-state index contributed by atoms with van der Waals surface area (Å²) in [5, 5.41) is 32.7. The number of nitrogens with one attached hydrogen (secondary N) is 1. The maximum absolute atomic E-state index is 13.0. The number of anilines is 1. The smallest absolute Gasteiger partial charge is 0.226 e. The van der Waals surface area contributed by atoms with Gasteiger partial charge >= 0.3 is 0 Å². The lowest BCUT2D eigenvalue weighted by Crippen LogP contribution is -2.33. The van der Waals surface area contributed by atoms with Crippen molar-refractivity contribution >= 4 is 28.6 Å². The third-order valence-electron chi connectivity index (χ3n) is 4.88. The first-order chi connectivity index (χ1) is 14.9. The van der Waals surface area contributed by atoms with Crippen molar-refractivity contribution in [3.05, 3.63) is 41.7 Å². The Balaban J connectivity index is 1.53. The van der Waals surface area contributed by atoms with Gasteiger partial charge in [-0.2, -0.15) is 9.97 Å². The molecule has 2 aromatic heterocycles. The van der Waals surface area contributed by atoms with Crippen LogP contribution in [0.2, 0.25) is 5.28 Å². The Bertz CT molecular complexity index is 1050. The van der Waals surface area contributed by atoms with Crippen molar-refractivity contribution in [1.29, 1.82) is 0 Å². The number of aliphatic hydroxyl groups excluding tert-OH is 3. The standard InChI is InChI=1S/C19H21ClFN5O5/c1-9(7-30-11-4-2-10(21)3-5-11)23-16-13-17(25-19(20)24-16)26(8-22-13)18-15(29)14(28)12(6-27)31-18/h2-5,8-9,12,14-15,18,27-29H,6-7H2,1H3,(H,23,24,25)/t9-,12-,14?,15?,18-/m1/s1. The van der Waals surface area contributed by atoms with E-state index in [0.29, 0.717) is 17.1 Å². The van der Waals surface area contributed by atoms with Gasteiger partial charge in [0.2, 0.25) is 5.28 Å². The van der Waals surface area contributed by atoms with Crippen LogP contribution in [-0.4, -0.2) is 72.4 Å². The van der Waals surface area contributed by atoms with Crippen LogP contribution in [0.5, 0.6) is 5.75 Å². The second-order valence-electron chi connectivity index (χ2n) is 7.20. The fraction of sp³-hybridized carbons (Fsp3) is 0.421. The quantitative estimate of drug-likeness (QED) is 0.388. The van der Waals surface area contributed by atoms with E-state index in [4.69, 9.17) is 21.1 Å². The molecule has 10 nitrogen and oxygen atoms in total. The highest BCUT2D eigenvalue weighted by Crippen LogP contribution is 2.32. The lowest BCUT2D eigenvalue weighted by molar-refractivity contribution is -0.0511. The molecule has 1 aromatic carbocycles. The fourth-order valence-electron chi connectivity index (χ4n) is 3.31. The van der Waals surface area contributed by atoms with Gasteiger partial charge in [-0.05, 0) is 42.8 Å². The number of imidazole rings is 1. The fourth-order valence-corrected chi connectivity index (χ4v) is 3.48. The summed E-state index contributed by atoms with van der Waals surface area (Å²) in [6.45, 7) is 1.66. The summed E-state index contributed by atoms with van der Waals surface area (Å²) in [6, 6.07) is 5.46. The third-order valence-corrected chi connectivity index (χ3v) is 5.05. The van der Waals surface area contributed by atoms with Crippen molar-refractivity contribution in [3.63, 3.8) is 0 Å². The molecule has 166 valence electrons. The van der Waals surface area contributed by atoms with E-state index in [1.54, 1.807) is 0 Å². The molecule has 3 aromatic rings. The maximum atomic E-state index is 13.0. The molecule has 0 amide bonds. The topological polar surface area (TPSA) is 135 Å². The van der Waals surface area contributed by atoms with Gasteiger partial charge in [0, 0.05) is 0 Å². The predicted molar refractivity (Wildman–Crippen MR) is 108 cm³/mol. The number of hydrogen-bond acceptors (Lipinski definition) is 9. The van der Waals surface area contributed by atoms with Crippen LogP contribution >= 0.6 is 11.6 Å². The number of aliphatic hydroxyl groups is 3. The van der Waals surface area contributed by atoms with Gasteiger partial charge in [-0.15, -0.1) is 0 Å². The first-order valence-electron chi connectivity index (χ1n) is 9.54. The monoisotopic (exact) mass is 453 g/mol. The van der Waals surface area contributed by atoms with Crippen LogP contribution in [0.3, 0.4) is 0 Å². The van der Waals surface area contributed by atoms with E-state index in [2.05, 4.69) is 20.3 Å². The molecule has 0 radical (unpaired) electrons. The van der Waals surface area contributed by atoms with Gasteiger partial charge in [-0.3, -0.25) is 4.57 Å². The molecule has 1 fully saturated rings. The van der Waals surface area contributed by atoms with Crippen molar-refractivity contribution in [3.8, 4) is 5.75 Å². The Kier molecular flexibility index (Phi) is 6.21. The zero-order valence-corrected chi connectivity index (χ0v) is 17.1. The highest BCUT2D eigenvalue weighted by Gasteiger charge is 2.44. The minimum atomic E-state index is -1.29. The molecule has 3 heterocycles. The molecular weight excluding hydrogens is 433 g/mol. The summed E-state index contributed by atoms with van der Waals surface area (Å²) >= 11 is 6.09. The first-order valence-corrected chi connectivity index (χ1v) is 9.92. The molecule has 0 saturated carbocycles. The van der Waals surface area contributed by atoms with Crippen LogP contribution in [0.1, 0.15) is 13.2 Å². The minimum absolute atomic E-state index is 0.0600. The Morgan fingerprint density at radius 1 is 1.26 bits per heavy atom. The summed E-state index contributed by atoms with van der Waals surface area (Å²) in [7, 11) is 0. The summed E-state index contributed by atoms with van der Waals surface area (Å²) in [6.07, 6.45) is -3.10. The third kappa shape index (κ3) is 4.41. The molecular formula is C19H21ClFN5O5. The Morgan fingerprint density at radius 2 is 2.00 bits per heavy atom. The lowest BCUT2D eigenvalue weighted by Gasteiger charge is -2.18. The van der Waals surface area contributed by atoms with Gasteiger partial charge in [0.1, 0.15) is 36.5 Å². The summed E-state index contributed by atoms with van der Waals surface area (Å²) in [4.78, 5) is 12.7. The molecule has 12 heteroatoms. The van der Waals surface area contributed by atoms with Gasteiger partial charge in [0.05, 0.1) is 19.0 Å². The summed E-state index contributed by atoms with van der Waals surface area (Å²) in [5.74, 6) is 0.520. The van der Waals surface area contributed by atoms with Gasteiger partial charge in [-0.25, -0.2) is 9.37 Å². The average molecular weight is 454 g/mol. The summed E-state index contributed by atoms with van der Waals surface area (Å²) < 4.78 is 25.6. The highest BCUT2D eigenvalue weighted by molar-refractivity contribution is 6.28. The Labute approximate surface area is 181 Å². The molecule has 4 rings (SSSR count). The van der Waals surface area contributed by atoms with Crippen molar-refractivity contribution in [2.45, 2.75) is 37.5 Å². The number of benzene rings is 1. The van der Waals surface area contributed by atoms with Crippen molar-refractivity contribution in [2.75, 3.05) is 18.5 Å². The largest absolute Gasteiger partial charge is 0.491 e. The van der Waals surface area contributed by atoms with E-state index in [-0.39, 0.29) is 29.4 Å². The number of ether oxygens (including phenoxy) is 2. The SMILES string of the molecule is C[C@H](COc1ccc(F)cc1)Nc1nc(Cl)nc2c1ncn2[C@@H]1O[C@H](CO)C(O)C1O. The van der Waals surface area contributed by atoms with Crippen LogP contribution in [0.25, 0.3) is 11.2 Å². The highest BCUT2D eigenvalue weighted by atomic mass is 35.5. The Hall–Kier alpha value is -2.57. The normalized spacial score (nSPS) is 24.5. The van der Waals surface area contributed by atoms with Crippen molar-refractivity contribution in [2.24, 2.45) is 0 Å². The second kappa shape index (κ2) is 8.89. The van der Waals surface area contributed by atoms with Crippen molar-refractivity contribution in [1.82, 2.24) is 19.5 Å². The minimum Gasteiger partial charge on any atom is -0.491 e. The molecule has 5 atom stereocenters. The first kappa shape index (κ1) is 21.7. The molecule has 31 heavy (non-hydrogen) atoms. The van der Waals surface area contributed by atoms with E-state index < -0.39 is 31.1 Å². The number of halogens is 2. The van der Waals surface area contributed by atoms with Crippen LogP contribution in [0.15, 0.2) is 30.6 Å². The molecule has 1 saturated heterocycles. The maximum Gasteiger partial charge on any atom is 0.226 e. The van der Waals surface area contributed by atoms with E-state index in [1.165, 1.54) is 35.2 Å².